The minimum absolute atomic E-state index is 0.102. The lowest BCUT2D eigenvalue weighted by molar-refractivity contribution is 0.239. The summed E-state index contributed by atoms with van der Waals surface area (Å²) in [5.41, 5.74) is 5.41. The third-order valence-electron chi connectivity index (χ3n) is 5.08. The minimum Gasteiger partial charge on any atom is -0.504 e. The first-order valence-electron chi connectivity index (χ1n) is 11.1. The summed E-state index contributed by atoms with van der Waals surface area (Å²) in [5.74, 6) is 0.688. The molecule has 7 nitrogen and oxygen atoms in total. The third-order valence-corrected chi connectivity index (χ3v) is 5.08. The lowest BCUT2D eigenvalue weighted by Gasteiger charge is -2.26. The molecular weight excluding hydrogens is 416 g/mol. The summed E-state index contributed by atoms with van der Waals surface area (Å²) in [6.07, 6.45) is 13.8. The average Bonchev–Trinajstić information content (AvgIpc) is 3.27. The largest absolute Gasteiger partial charge is 0.504 e. The fourth-order valence-corrected chi connectivity index (χ4v) is 3.50. The highest BCUT2D eigenvalue weighted by molar-refractivity contribution is 5.81. The molecule has 0 spiro atoms. The number of ether oxygens (including phenoxy) is 2. The van der Waals surface area contributed by atoms with Crippen LogP contribution in [0.4, 0.5) is 5.69 Å². The van der Waals surface area contributed by atoms with E-state index in [0.717, 1.165) is 33.7 Å². The number of fused-ring (bicyclic) bond motifs is 1. The Morgan fingerprint density at radius 3 is 2.76 bits per heavy atom. The fraction of sp³-hybridized carbons (Fsp3) is 0.308. The van der Waals surface area contributed by atoms with Crippen molar-refractivity contribution < 1.29 is 14.6 Å². The summed E-state index contributed by atoms with van der Waals surface area (Å²) in [5, 5.41) is 9.50. The van der Waals surface area contributed by atoms with Crippen LogP contribution >= 0.6 is 0 Å². The topological polar surface area (TPSA) is 72.6 Å². The van der Waals surface area contributed by atoms with Crippen molar-refractivity contribution in [1.82, 2.24) is 14.5 Å². The van der Waals surface area contributed by atoms with Gasteiger partial charge in [-0.25, -0.2) is 4.98 Å². The van der Waals surface area contributed by atoms with Gasteiger partial charge in [0.25, 0.3) is 0 Å². The summed E-state index contributed by atoms with van der Waals surface area (Å²) in [6, 6.07) is 8.07. The van der Waals surface area contributed by atoms with E-state index in [9.17, 15) is 5.11 Å². The van der Waals surface area contributed by atoms with Crippen LogP contribution in [-0.4, -0.2) is 46.5 Å². The molecule has 3 rings (SSSR count). The Morgan fingerprint density at radius 2 is 2.09 bits per heavy atom. The van der Waals surface area contributed by atoms with Gasteiger partial charge in [0.05, 0.1) is 42.9 Å². The first kappa shape index (κ1) is 24.1. The second-order valence-corrected chi connectivity index (χ2v) is 7.45. The number of anilines is 1. The zero-order chi connectivity index (χ0) is 23.6. The number of aliphatic hydroxyl groups excluding tert-OH is 1. The molecule has 1 N–H and O–H groups in total. The average molecular weight is 449 g/mol. The number of allylic oxidation sites excluding steroid dienone is 3. The van der Waals surface area contributed by atoms with Crippen LogP contribution in [0.5, 0.6) is 0 Å². The zero-order valence-electron chi connectivity index (χ0n) is 19.7. The second-order valence-electron chi connectivity index (χ2n) is 7.45. The first-order chi connectivity index (χ1) is 16.1. The van der Waals surface area contributed by atoms with Gasteiger partial charge in [-0.05, 0) is 44.5 Å². The van der Waals surface area contributed by atoms with E-state index in [1.165, 1.54) is 0 Å². The fourth-order valence-electron chi connectivity index (χ4n) is 3.50. The highest BCUT2D eigenvalue weighted by Gasteiger charge is 2.13. The number of aryl methyl sites for hydroxylation is 1. The molecule has 0 atom stereocenters. The van der Waals surface area contributed by atoms with Gasteiger partial charge in [0.1, 0.15) is 5.76 Å². The van der Waals surface area contributed by atoms with Gasteiger partial charge in [-0.3, -0.25) is 4.98 Å². The van der Waals surface area contributed by atoms with Crippen molar-refractivity contribution in [2.75, 3.05) is 31.8 Å². The number of rotatable bonds is 11. The number of hydrogen-bond donors (Lipinski definition) is 1. The molecule has 0 aliphatic heterocycles. The van der Waals surface area contributed by atoms with Crippen LogP contribution in [0.3, 0.4) is 0 Å². The van der Waals surface area contributed by atoms with Gasteiger partial charge in [0.2, 0.25) is 0 Å². The Morgan fingerprint density at radius 1 is 1.24 bits per heavy atom. The Bertz CT molecular complexity index is 1150. The first-order valence-corrected chi connectivity index (χ1v) is 11.1. The standard InChI is InChI=1S/C26H32N4O3/c1-5-21(16-23(33-6-2)11-15-32-4)30(12-7-14-31)22-8-9-24-25(17-22)28-26(18-27-24)20-10-13-29(3)19-20/h5,8-11,13,15-19,31H,6-7,12,14H2,1-4H3/b15-11+,21-5+,23-16+. The molecule has 0 amide bonds. The SMILES string of the molecule is C\C=C(/C=C(\C=C\OC)OCC)N(CCCO)c1ccc2ncc(-c3ccn(C)c3)nc2c1. The quantitative estimate of drug-likeness (QED) is 0.335. The van der Waals surface area contributed by atoms with Crippen LogP contribution in [0.25, 0.3) is 22.3 Å². The zero-order valence-corrected chi connectivity index (χ0v) is 19.7. The number of methoxy groups -OCH3 is 1. The molecule has 33 heavy (non-hydrogen) atoms. The van der Waals surface area contributed by atoms with Crippen LogP contribution in [0.1, 0.15) is 20.3 Å². The summed E-state index contributed by atoms with van der Waals surface area (Å²) in [6.45, 7) is 5.21. The van der Waals surface area contributed by atoms with E-state index in [0.29, 0.717) is 25.3 Å². The van der Waals surface area contributed by atoms with E-state index in [2.05, 4.69) is 9.88 Å². The molecule has 0 radical (unpaired) electrons. The maximum atomic E-state index is 9.50. The van der Waals surface area contributed by atoms with Gasteiger partial charge in [0.15, 0.2) is 0 Å². The maximum absolute atomic E-state index is 9.50. The second kappa shape index (κ2) is 11.9. The van der Waals surface area contributed by atoms with E-state index in [1.807, 2.05) is 74.3 Å². The van der Waals surface area contributed by atoms with Gasteiger partial charge in [-0.2, -0.15) is 0 Å². The van der Waals surface area contributed by atoms with Crippen molar-refractivity contribution in [3.05, 3.63) is 78.8 Å². The molecular formula is C26H32N4O3. The third kappa shape index (κ3) is 6.23. The van der Waals surface area contributed by atoms with E-state index in [4.69, 9.17) is 14.5 Å². The van der Waals surface area contributed by atoms with Crippen molar-refractivity contribution >= 4 is 16.7 Å². The Balaban J connectivity index is 2.02. The Hall–Kier alpha value is -3.58. The lowest BCUT2D eigenvalue weighted by atomic mass is 10.2. The maximum Gasteiger partial charge on any atom is 0.124 e. The molecule has 1 aromatic carbocycles. The molecule has 0 aliphatic rings. The van der Waals surface area contributed by atoms with Crippen LogP contribution in [-0.2, 0) is 16.5 Å². The van der Waals surface area contributed by atoms with Crippen LogP contribution in [0.15, 0.2) is 78.8 Å². The van der Waals surface area contributed by atoms with Crippen molar-refractivity contribution in [3.63, 3.8) is 0 Å². The Kier molecular flexibility index (Phi) is 8.66. The van der Waals surface area contributed by atoms with Gasteiger partial charge in [-0.15, -0.1) is 0 Å². The van der Waals surface area contributed by atoms with Gasteiger partial charge < -0.3 is 24.0 Å². The molecule has 0 saturated carbocycles. The predicted molar refractivity (Wildman–Crippen MR) is 133 cm³/mol. The van der Waals surface area contributed by atoms with Gasteiger partial charge in [-0.1, -0.05) is 6.08 Å². The highest BCUT2D eigenvalue weighted by atomic mass is 16.5. The summed E-state index contributed by atoms with van der Waals surface area (Å²) >= 11 is 0. The smallest absolute Gasteiger partial charge is 0.124 e. The monoisotopic (exact) mass is 448 g/mol. The van der Waals surface area contributed by atoms with Gasteiger partial charge >= 0.3 is 0 Å². The van der Waals surface area contributed by atoms with E-state index in [1.54, 1.807) is 25.6 Å². The Labute approximate surface area is 195 Å². The molecule has 2 heterocycles. The number of benzene rings is 1. The molecule has 3 aromatic rings. The van der Waals surface area contributed by atoms with Crippen molar-refractivity contribution in [3.8, 4) is 11.3 Å². The van der Waals surface area contributed by atoms with E-state index in [-0.39, 0.29) is 6.61 Å². The minimum atomic E-state index is 0.102. The molecule has 0 unspecified atom stereocenters. The molecule has 2 aromatic heterocycles. The molecule has 0 fully saturated rings. The van der Waals surface area contributed by atoms with Gasteiger partial charge in [0, 0.05) is 61.7 Å². The number of nitrogens with zero attached hydrogens (tertiary/aromatic N) is 4. The lowest BCUT2D eigenvalue weighted by Crippen LogP contribution is -2.24. The number of aliphatic hydroxyl groups is 1. The molecule has 0 aliphatic carbocycles. The van der Waals surface area contributed by atoms with E-state index >= 15 is 0 Å². The van der Waals surface area contributed by atoms with Crippen molar-refractivity contribution in [2.24, 2.45) is 7.05 Å². The summed E-state index contributed by atoms with van der Waals surface area (Å²) in [7, 11) is 3.59. The molecule has 0 saturated heterocycles. The van der Waals surface area contributed by atoms with Crippen LogP contribution in [0, 0.1) is 0 Å². The molecule has 0 bridgehead atoms. The van der Waals surface area contributed by atoms with E-state index < -0.39 is 0 Å². The van der Waals surface area contributed by atoms with Crippen molar-refractivity contribution in [2.45, 2.75) is 20.3 Å². The predicted octanol–water partition coefficient (Wildman–Crippen LogP) is 4.81. The summed E-state index contributed by atoms with van der Waals surface area (Å²) < 4.78 is 12.8. The normalized spacial score (nSPS) is 12.5. The molecule has 7 heteroatoms. The number of aromatic nitrogens is 3. The van der Waals surface area contributed by atoms with Crippen molar-refractivity contribution in [1.29, 1.82) is 0 Å². The highest BCUT2D eigenvalue weighted by Crippen LogP contribution is 2.27. The summed E-state index contributed by atoms with van der Waals surface area (Å²) in [4.78, 5) is 11.6. The van der Waals surface area contributed by atoms with Crippen LogP contribution in [0.2, 0.25) is 0 Å². The van der Waals surface area contributed by atoms with Crippen LogP contribution < -0.4 is 4.90 Å². The molecule has 174 valence electrons. The number of hydrogen-bond acceptors (Lipinski definition) is 6.